The second-order valence-corrected chi connectivity index (χ2v) is 17.4. The maximum Gasteiger partial charge on any atom is 0.387 e. The van der Waals surface area contributed by atoms with Gasteiger partial charge in [-0.3, -0.25) is 9.80 Å². The van der Waals surface area contributed by atoms with E-state index in [4.69, 9.17) is 26.6 Å². The Morgan fingerprint density at radius 1 is 0.658 bits per heavy atom. The predicted molar refractivity (Wildman–Crippen MR) is 164 cm³/mol. The summed E-state index contributed by atoms with van der Waals surface area (Å²) in [6.45, 7) is 10.1. The second kappa shape index (κ2) is 26.4. The van der Waals surface area contributed by atoms with Crippen molar-refractivity contribution in [2.24, 2.45) is 0 Å². The lowest BCUT2D eigenvalue weighted by atomic mass is 10.1. The van der Waals surface area contributed by atoms with Crippen molar-refractivity contribution >= 4 is 37.4 Å². The van der Waals surface area contributed by atoms with E-state index in [1.807, 2.05) is 0 Å². The zero-order chi connectivity index (χ0) is 28.6. The van der Waals surface area contributed by atoms with Gasteiger partial charge in [-0.05, 0) is 72.4 Å². The van der Waals surface area contributed by atoms with Crippen LogP contribution < -0.4 is 0 Å². The summed E-state index contributed by atoms with van der Waals surface area (Å²) in [6.07, 6.45) is 10.0. The molecule has 0 aromatic carbocycles. The van der Waals surface area contributed by atoms with Gasteiger partial charge in [0.05, 0.1) is 9.52 Å². The molecule has 8 nitrogen and oxygen atoms in total. The highest BCUT2D eigenvalue weighted by Gasteiger charge is 2.24. The summed E-state index contributed by atoms with van der Waals surface area (Å²) in [5.41, 5.74) is 0.559. The smallest absolute Gasteiger partial charge is 0.387 e. The van der Waals surface area contributed by atoms with Gasteiger partial charge in [-0.25, -0.2) is 0 Å². The molecule has 0 saturated carbocycles. The largest absolute Gasteiger partial charge is 0.397 e. The molecule has 0 aromatic rings. The van der Waals surface area contributed by atoms with Gasteiger partial charge in [0.2, 0.25) is 0 Å². The van der Waals surface area contributed by atoms with Crippen LogP contribution in [0.15, 0.2) is 0 Å². The maximum absolute atomic E-state index is 5.86. The molecule has 0 saturated heterocycles. The fourth-order valence-corrected chi connectivity index (χ4v) is 9.78. The molecule has 0 aromatic heterocycles. The van der Waals surface area contributed by atoms with Crippen molar-refractivity contribution in [3.8, 4) is 0 Å². The fraction of sp³-hybridized carbons (Fsp3) is 1.00. The minimum atomic E-state index is -1.12. The van der Waals surface area contributed by atoms with E-state index in [0.717, 1.165) is 60.8 Å². The molecule has 0 heterocycles. The number of hydrogen-bond acceptors (Lipinski definition) is 8. The van der Waals surface area contributed by atoms with Crippen molar-refractivity contribution in [2.45, 2.75) is 102 Å². The molecule has 0 fully saturated rings. The van der Waals surface area contributed by atoms with Gasteiger partial charge in [0.25, 0.3) is 0 Å². The topological polar surface area (TPSA) is 61.9 Å². The van der Waals surface area contributed by atoms with Crippen LogP contribution in [0.2, 0.25) is 23.7 Å². The van der Waals surface area contributed by atoms with Crippen LogP contribution in [0.1, 0.15) is 72.1 Å². The summed E-state index contributed by atoms with van der Waals surface area (Å²) >= 11 is 0. The highest BCUT2D eigenvalue weighted by Crippen LogP contribution is 2.21. The Morgan fingerprint density at radius 3 is 1.55 bits per heavy atom. The molecule has 0 rings (SSSR count). The molecule has 0 aliphatic carbocycles. The Bertz CT molecular complexity index is 480. The van der Waals surface area contributed by atoms with Crippen LogP contribution in [0.5, 0.6) is 0 Å². The Balaban J connectivity index is 4.48. The van der Waals surface area contributed by atoms with E-state index in [1.165, 1.54) is 44.6 Å². The normalized spacial score (nSPS) is 13.3. The van der Waals surface area contributed by atoms with E-state index < -0.39 is 27.9 Å². The summed E-state index contributed by atoms with van der Waals surface area (Å²) in [5, 5.41) is 0. The van der Waals surface area contributed by atoms with Gasteiger partial charge in [0, 0.05) is 53.0 Å². The first-order valence-corrected chi connectivity index (χ1v) is 20.2. The third kappa shape index (κ3) is 18.8. The van der Waals surface area contributed by atoms with Crippen LogP contribution in [0, 0.1) is 0 Å². The standard InChI is InChI=1S/C26H59N2O6Si4/c1-10-33-38(34-11-2)25(3)19-15-13-12-14-16-22-35-26(27(4)20-17-23-36(29-6)30-7)28(5)21-18-24-37(31-8)32-9/h25-26H,10-24H2,1-9H3. The lowest BCUT2D eigenvalue weighted by molar-refractivity contribution is 0.142. The zero-order valence-electron chi connectivity index (χ0n) is 26.1. The Hall–Kier alpha value is 0.548. The first-order valence-electron chi connectivity index (χ1n) is 14.5. The van der Waals surface area contributed by atoms with Crippen LogP contribution in [0.4, 0.5) is 0 Å². The number of nitrogens with zero attached hydrogens (tertiary/aromatic N) is 2. The number of unbranched alkanes of at least 4 members (excludes halogenated alkanes) is 4. The summed E-state index contributed by atoms with van der Waals surface area (Å²) < 4.78 is 33.6. The Kier molecular flexibility index (Phi) is 26.8. The molecule has 1 unspecified atom stereocenters. The molecular weight excluding hydrogens is 549 g/mol. The molecule has 1 atom stereocenters. The van der Waals surface area contributed by atoms with Gasteiger partial charge in [0.15, 0.2) is 0 Å². The van der Waals surface area contributed by atoms with E-state index in [-0.39, 0.29) is 0 Å². The Labute approximate surface area is 243 Å². The summed E-state index contributed by atoms with van der Waals surface area (Å²) in [6, 6.07) is 3.34. The minimum absolute atomic E-state index is 0.482. The average Bonchev–Trinajstić information content (AvgIpc) is 2.92. The van der Waals surface area contributed by atoms with Gasteiger partial charge in [-0.1, -0.05) is 45.1 Å². The Morgan fingerprint density at radius 2 is 1.11 bits per heavy atom. The molecule has 0 spiro atoms. The third-order valence-electron chi connectivity index (χ3n) is 6.65. The van der Waals surface area contributed by atoms with Gasteiger partial charge in [0.1, 0.15) is 0 Å². The molecular formula is C26H59N2O6Si4. The second-order valence-electron chi connectivity index (χ2n) is 9.70. The lowest BCUT2D eigenvalue weighted by Gasteiger charge is -2.36. The molecule has 0 amide bonds. The fourth-order valence-electron chi connectivity index (χ4n) is 4.48. The van der Waals surface area contributed by atoms with Gasteiger partial charge in [-0.15, -0.1) is 0 Å². The SMILES string of the molecule is CCO[Si](OCC)C(C)CCCCCCC[Si]C(N(C)CCC[Si](OC)OC)N(C)CCC[Si](OC)OC. The van der Waals surface area contributed by atoms with Crippen molar-refractivity contribution in [1.82, 2.24) is 9.80 Å². The molecule has 0 N–H and O–H groups in total. The molecule has 0 aliphatic rings. The average molecular weight is 608 g/mol. The van der Waals surface area contributed by atoms with E-state index >= 15 is 0 Å². The van der Waals surface area contributed by atoms with Crippen molar-refractivity contribution in [3.63, 3.8) is 0 Å². The first kappa shape index (κ1) is 38.5. The number of hydrogen-bond donors (Lipinski definition) is 0. The molecule has 0 bridgehead atoms. The van der Waals surface area contributed by atoms with Crippen LogP contribution in [0.25, 0.3) is 0 Å². The summed E-state index contributed by atoms with van der Waals surface area (Å²) in [4.78, 5) is 5.08. The maximum atomic E-state index is 5.86. The van der Waals surface area contributed by atoms with Crippen LogP contribution in [-0.4, -0.2) is 122 Å². The monoisotopic (exact) mass is 607 g/mol. The quantitative estimate of drug-likeness (QED) is 0.0708. The van der Waals surface area contributed by atoms with Gasteiger partial charge in [-0.2, -0.15) is 0 Å². The van der Waals surface area contributed by atoms with Crippen LogP contribution in [-0.2, 0) is 26.6 Å². The van der Waals surface area contributed by atoms with E-state index in [0.29, 0.717) is 11.3 Å². The van der Waals surface area contributed by atoms with E-state index in [9.17, 15) is 0 Å². The van der Waals surface area contributed by atoms with Gasteiger partial charge < -0.3 is 26.6 Å². The van der Waals surface area contributed by atoms with Crippen molar-refractivity contribution in [2.75, 3.05) is 68.8 Å². The highest BCUT2D eigenvalue weighted by atomic mass is 28.3. The van der Waals surface area contributed by atoms with Crippen LogP contribution >= 0.6 is 0 Å². The van der Waals surface area contributed by atoms with E-state index in [1.54, 1.807) is 28.4 Å². The molecule has 38 heavy (non-hydrogen) atoms. The highest BCUT2D eigenvalue weighted by molar-refractivity contribution is 6.46. The minimum Gasteiger partial charge on any atom is -0.397 e. The third-order valence-corrected chi connectivity index (χ3v) is 14.1. The first-order chi connectivity index (χ1) is 18.4. The molecule has 5 radical (unpaired) electrons. The van der Waals surface area contributed by atoms with Crippen LogP contribution in [0.3, 0.4) is 0 Å². The molecule has 0 aliphatic heterocycles. The number of rotatable bonds is 28. The molecule has 225 valence electrons. The predicted octanol–water partition coefficient (Wildman–Crippen LogP) is 4.89. The van der Waals surface area contributed by atoms with Crippen molar-refractivity contribution < 1.29 is 26.6 Å². The van der Waals surface area contributed by atoms with Crippen molar-refractivity contribution in [3.05, 3.63) is 0 Å². The summed E-state index contributed by atoms with van der Waals surface area (Å²) in [5.74, 6) is 0.482. The van der Waals surface area contributed by atoms with Gasteiger partial charge >= 0.3 is 27.9 Å². The molecule has 12 heteroatoms. The van der Waals surface area contributed by atoms with E-state index in [2.05, 4.69) is 44.7 Å². The lowest BCUT2D eigenvalue weighted by Crippen LogP contribution is -2.49. The summed E-state index contributed by atoms with van der Waals surface area (Å²) in [7, 11) is 9.17. The zero-order valence-corrected chi connectivity index (χ0v) is 30.1. The van der Waals surface area contributed by atoms with Crippen molar-refractivity contribution in [1.29, 1.82) is 0 Å².